The molecule has 2 aromatic carbocycles. The number of hydrazine groups is 1. The Balaban J connectivity index is 1.29. The van der Waals surface area contributed by atoms with Crippen molar-refractivity contribution >= 4 is 22.8 Å². The Labute approximate surface area is 177 Å². The molecule has 0 bridgehead atoms. The second-order valence-electron chi connectivity index (χ2n) is 6.67. The molecule has 0 atom stereocenters. The minimum Gasteiger partial charge on any atom is -0.497 e. The molecule has 0 aliphatic carbocycles. The van der Waals surface area contributed by atoms with Gasteiger partial charge in [-0.2, -0.15) is 0 Å². The molecular weight excluding hydrogens is 400 g/mol. The number of hydrogen-bond acceptors (Lipinski definition) is 6. The maximum atomic E-state index is 12.2. The van der Waals surface area contributed by atoms with Gasteiger partial charge in [-0.1, -0.05) is 18.2 Å². The summed E-state index contributed by atoms with van der Waals surface area (Å²) in [7, 11) is 1.57. The largest absolute Gasteiger partial charge is 0.497 e. The van der Waals surface area contributed by atoms with Crippen molar-refractivity contribution in [3.8, 4) is 11.5 Å². The zero-order chi connectivity index (χ0) is 21.6. The fourth-order valence-corrected chi connectivity index (χ4v) is 2.98. The first kappa shape index (κ1) is 20.1. The van der Waals surface area contributed by atoms with Gasteiger partial charge in [-0.3, -0.25) is 20.4 Å². The van der Waals surface area contributed by atoms with Crippen LogP contribution < -0.4 is 20.3 Å². The number of para-hydroxylation sites is 1. The minimum absolute atomic E-state index is 0.0356. The molecule has 0 radical (unpaired) electrons. The zero-order valence-corrected chi connectivity index (χ0v) is 16.7. The van der Waals surface area contributed by atoms with Crippen LogP contribution >= 0.6 is 0 Å². The molecule has 2 N–H and O–H groups in total. The van der Waals surface area contributed by atoms with Gasteiger partial charge < -0.3 is 18.3 Å². The lowest BCUT2D eigenvalue weighted by atomic mass is 10.1. The standard InChI is InChI=1S/C23H20N2O6/c1-28-17-7-9-19-15(13-30-21(19)12-17)11-22(26)24-25-23(27)20-10-8-18(31-20)14-29-16-5-3-2-4-6-16/h2-10,12-13H,11,14H2,1H3,(H,24,26)(H,25,27). The van der Waals surface area contributed by atoms with Gasteiger partial charge in [-0.05, 0) is 36.4 Å². The lowest BCUT2D eigenvalue weighted by Crippen LogP contribution is -2.42. The summed E-state index contributed by atoms with van der Waals surface area (Å²) in [5.74, 6) is 0.945. The lowest BCUT2D eigenvalue weighted by molar-refractivity contribution is -0.121. The van der Waals surface area contributed by atoms with Crippen LogP contribution in [0.15, 0.2) is 75.8 Å². The van der Waals surface area contributed by atoms with Crippen molar-refractivity contribution in [1.82, 2.24) is 10.9 Å². The molecule has 0 spiro atoms. The van der Waals surface area contributed by atoms with Gasteiger partial charge in [-0.25, -0.2) is 0 Å². The van der Waals surface area contributed by atoms with Crippen LogP contribution in [0.25, 0.3) is 11.0 Å². The molecule has 2 amide bonds. The van der Waals surface area contributed by atoms with E-state index >= 15 is 0 Å². The SMILES string of the molecule is COc1ccc2c(CC(=O)NNC(=O)c3ccc(COc4ccccc4)o3)coc2c1. The molecule has 0 saturated carbocycles. The highest BCUT2D eigenvalue weighted by Gasteiger charge is 2.15. The molecular formula is C23H20N2O6. The van der Waals surface area contributed by atoms with Gasteiger partial charge in [0.25, 0.3) is 0 Å². The molecule has 8 nitrogen and oxygen atoms in total. The van der Waals surface area contributed by atoms with Crippen molar-refractivity contribution < 1.29 is 27.9 Å². The molecule has 31 heavy (non-hydrogen) atoms. The quantitative estimate of drug-likeness (QED) is 0.443. The normalized spacial score (nSPS) is 10.6. The van der Waals surface area contributed by atoms with E-state index in [0.717, 1.165) is 5.39 Å². The first-order valence-electron chi connectivity index (χ1n) is 9.52. The predicted octanol–water partition coefficient (Wildman–Crippen LogP) is 3.62. The molecule has 4 aromatic rings. The van der Waals surface area contributed by atoms with Crippen LogP contribution in [0.5, 0.6) is 11.5 Å². The van der Waals surface area contributed by atoms with E-state index in [1.807, 2.05) is 36.4 Å². The van der Waals surface area contributed by atoms with Crippen molar-refractivity contribution in [3.63, 3.8) is 0 Å². The molecule has 158 valence electrons. The molecule has 8 heteroatoms. The first-order valence-corrected chi connectivity index (χ1v) is 9.52. The summed E-state index contributed by atoms with van der Waals surface area (Å²) >= 11 is 0. The van der Waals surface area contributed by atoms with Crippen LogP contribution in [0.4, 0.5) is 0 Å². The molecule has 4 rings (SSSR count). The minimum atomic E-state index is -0.568. The van der Waals surface area contributed by atoms with Crippen molar-refractivity contribution in [2.75, 3.05) is 7.11 Å². The van der Waals surface area contributed by atoms with E-state index in [1.165, 1.54) is 12.3 Å². The van der Waals surface area contributed by atoms with Crippen LogP contribution in [-0.4, -0.2) is 18.9 Å². The number of amides is 2. The molecule has 0 aliphatic rings. The summed E-state index contributed by atoms with van der Waals surface area (Å²) in [6.07, 6.45) is 1.55. The van der Waals surface area contributed by atoms with Gasteiger partial charge in [0.05, 0.1) is 19.8 Å². The highest BCUT2D eigenvalue weighted by atomic mass is 16.5. The van der Waals surface area contributed by atoms with Crippen LogP contribution in [-0.2, 0) is 17.8 Å². The topological polar surface area (TPSA) is 103 Å². The Morgan fingerprint density at radius 3 is 2.61 bits per heavy atom. The summed E-state index contributed by atoms with van der Waals surface area (Å²) in [6, 6.07) is 17.8. The number of nitrogens with one attached hydrogen (secondary N) is 2. The molecule has 2 aromatic heterocycles. The predicted molar refractivity (Wildman–Crippen MR) is 112 cm³/mol. The van der Waals surface area contributed by atoms with Gasteiger partial charge in [0, 0.05) is 17.0 Å². The Morgan fingerprint density at radius 2 is 1.81 bits per heavy atom. The van der Waals surface area contributed by atoms with E-state index in [4.69, 9.17) is 18.3 Å². The Kier molecular flexibility index (Phi) is 5.89. The third-order valence-electron chi connectivity index (χ3n) is 4.54. The Hall–Kier alpha value is -4.20. The zero-order valence-electron chi connectivity index (χ0n) is 16.7. The second kappa shape index (κ2) is 9.08. The van der Waals surface area contributed by atoms with Crippen LogP contribution in [0.1, 0.15) is 21.9 Å². The number of furan rings is 2. The van der Waals surface area contributed by atoms with Gasteiger partial charge >= 0.3 is 5.91 Å². The number of methoxy groups -OCH3 is 1. The number of fused-ring (bicyclic) bond motifs is 1. The van der Waals surface area contributed by atoms with Gasteiger partial charge in [-0.15, -0.1) is 0 Å². The molecule has 0 aliphatic heterocycles. The summed E-state index contributed by atoms with van der Waals surface area (Å²) < 4.78 is 21.7. The van der Waals surface area contributed by atoms with E-state index in [-0.39, 0.29) is 18.8 Å². The lowest BCUT2D eigenvalue weighted by Gasteiger charge is -2.06. The number of hydrogen-bond donors (Lipinski definition) is 2. The fraction of sp³-hybridized carbons (Fsp3) is 0.130. The van der Waals surface area contributed by atoms with Gasteiger partial charge in [0.1, 0.15) is 29.4 Å². The number of rotatable bonds is 7. The maximum Gasteiger partial charge on any atom is 0.305 e. The summed E-state index contributed by atoms with van der Waals surface area (Å²) in [4.78, 5) is 24.5. The fourth-order valence-electron chi connectivity index (χ4n) is 2.98. The van der Waals surface area contributed by atoms with Crippen LogP contribution in [0.2, 0.25) is 0 Å². The average molecular weight is 420 g/mol. The molecule has 0 unspecified atom stereocenters. The molecule has 0 fully saturated rings. The van der Waals surface area contributed by atoms with Gasteiger partial charge in [0.2, 0.25) is 5.91 Å². The van der Waals surface area contributed by atoms with E-state index < -0.39 is 11.8 Å². The molecule has 0 saturated heterocycles. The number of carbonyl (C=O) groups excluding carboxylic acids is 2. The van der Waals surface area contributed by atoms with E-state index in [0.29, 0.717) is 28.4 Å². The van der Waals surface area contributed by atoms with Crippen LogP contribution in [0, 0.1) is 0 Å². The maximum absolute atomic E-state index is 12.2. The number of carbonyl (C=O) groups is 2. The van der Waals surface area contributed by atoms with E-state index in [2.05, 4.69) is 10.9 Å². The molecule has 2 heterocycles. The second-order valence-corrected chi connectivity index (χ2v) is 6.67. The smallest absolute Gasteiger partial charge is 0.305 e. The third-order valence-corrected chi connectivity index (χ3v) is 4.54. The number of benzene rings is 2. The highest BCUT2D eigenvalue weighted by molar-refractivity contribution is 5.94. The summed E-state index contributed by atoms with van der Waals surface area (Å²) in [6.45, 7) is 0.183. The van der Waals surface area contributed by atoms with E-state index in [1.54, 1.807) is 25.3 Å². The van der Waals surface area contributed by atoms with Crippen molar-refractivity contribution in [3.05, 3.63) is 84.0 Å². The third kappa shape index (κ3) is 4.87. The van der Waals surface area contributed by atoms with Crippen molar-refractivity contribution in [2.45, 2.75) is 13.0 Å². The van der Waals surface area contributed by atoms with Crippen LogP contribution in [0.3, 0.4) is 0 Å². The highest BCUT2D eigenvalue weighted by Crippen LogP contribution is 2.25. The van der Waals surface area contributed by atoms with Crippen molar-refractivity contribution in [2.24, 2.45) is 0 Å². The Morgan fingerprint density at radius 1 is 0.968 bits per heavy atom. The Bertz CT molecular complexity index is 1200. The summed E-state index contributed by atoms with van der Waals surface area (Å²) in [5.41, 5.74) is 6.03. The summed E-state index contributed by atoms with van der Waals surface area (Å²) in [5, 5.41) is 0.802. The van der Waals surface area contributed by atoms with Gasteiger partial charge in [0.15, 0.2) is 5.76 Å². The average Bonchev–Trinajstić information content (AvgIpc) is 3.44. The van der Waals surface area contributed by atoms with Crippen molar-refractivity contribution in [1.29, 1.82) is 0 Å². The first-order chi connectivity index (χ1) is 15.1. The number of ether oxygens (including phenoxy) is 2. The van der Waals surface area contributed by atoms with E-state index in [9.17, 15) is 9.59 Å². The monoisotopic (exact) mass is 420 g/mol.